The lowest BCUT2D eigenvalue weighted by Crippen LogP contribution is -2.01. The number of anilines is 1. The van der Waals surface area contributed by atoms with Crippen molar-refractivity contribution in [2.75, 3.05) is 5.32 Å². The molecule has 0 saturated heterocycles. The maximum absolute atomic E-state index is 5.73. The molecule has 2 aromatic rings. The van der Waals surface area contributed by atoms with E-state index in [0.29, 0.717) is 10.9 Å². The fourth-order valence-corrected chi connectivity index (χ4v) is 1.74. The molecule has 0 bridgehead atoms. The minimum atomic E-state index is 0.609. The van der Waals surface area contributed by atoms with Gasteiger partial charge in [-0.2, -0.15) is 10.2 Å². The number of nitrogens with one attached hydrogen (secondary N) is 1. The normalized spacial score (nSPS) is 10.1. The van der Waals surface area contributed by atoms with Gasteiger partial charge < -0.3 is 5.32 Å². The largest absolute Gasteiger partial charge is 0.356 e. The first-order chi connectivity index (χ1) is 6.84. The van der Waals surface area contributed by atoms with Crippen LogP contribution in [0.15, 0.2) is 24.5 Å². The van der Waals surface area contributed by atoms with E-state index in [9.17, 15) is 0 Å². The number of thiazole rings is 1. The van der Waals surface area contributed by atoms with Crippen LogP contribution in [0.1, 0.15) is 5.69 Å². The molecular formula is C8H7ClN4S. The summed E-state index contributed by atoms with van der Waals surface area (Å²) in [5, 5.41) is 11.6. The predicted octanol–water partition coefficient (Wildman–Crippen LogP) is 2.20. The maximum atomic E-state index is 5.73. The van der Waals surface area contributed by atoms with Crippen LogP contribution in [0.5, 0.6) is 0 Å². The summed E-state index contributed by atoms with van der Waals surface area (Å²) in [4.78, 5) is 4.06. The van der Waals surface area contributed by atoms with E-state index < -0.39 is 0 Å². The van der Waals surface area contributed by atoms with Gasteiger partial charge in [0.15, 0.2) is 5.13 Å². The first-order valence-corrected chi connectivity index (χ1v) is 5.16. The SMILES string of the molecule is Clc1cnc(NCc2cccnn2)s1. The van der Waals surface area contributed by atoms with Crippen LogP contribution in [0, 0.1) is 0 Å². The van der Waals surface area contributed by atoms with Crippen molar-refractivity contribution in [2.45, 2.75) is 6.54 Å². The predicted molar refractivity (Wildman–Crippen MR) is 56.5 cm³/mol. The van der Waals surface area contributed by atoms with Gasteiger partial charge in [0.25, 0.3) is 0 Å². The van der Waals surface area contributed by atoms with Crippen molar-refractivity contribution < 1.29 is 0 Å². The summed E-state index contributed by atoms with van der Waals surface area (Å²) in [5.41, 5.74) is 0.874. The Morgan fingerprint density at radius 3 is 3.07 bits per heavy atom. The molecular weight excluding hydrogens is 220 g/mol. The zero-order valence-electron chi connectivity index (χ0n) is 7.14. The molecule has 0 aliphatic heterocycles. The van der Waals surface area contributed by atoms with E-state index in [0.717, 1.165) is 10.8 Å². The Kier molecular flexibility index (Phi) is 2.90. The van der Waals surface area contributed by atoms with Gasteiger partial charge in [-0.25, -0.2) is 4.98 Å². The van der Waals surface area contributed by atoms with Crippen molar-refractivity contribution in [3.8, 4) is 0 Å². The summed E-state index contributed by atoms with van der Waals surface area (Å²) in [5.74, 6) is 0. The number of aromatic nitrogens is 3. The topological polar surface area (TPSA) is 50.7 Å². The van der Waals surface area contributed by atoms with Gasteiger partial charge in [-0.15, -0.1) is 0 Å². The molecule has 0 fully saturated rings. The highest BCUT2D eigenvalue weighted by molar-refractivity contribution is 7.19. The van der Waals surface area contributed by atoms with Crippen LogP contribution >= 0.6 is 22.9 Å². The van der Waals surface area contributed by atoms with E-state index in [1.807, 2.05) is 12.1 Å². The van der Waals surface area contributed by atoms with E-state index in [-0.39, 0.29) is 0 Å². The molecule has 0 radical (unpaired) electrons. The average molecular weight is 227 g/mol. The lowest BCUT2D eigenvalue weighted by atomic mass is 10.4. The van der Waals surface area contributed by atoms with Crippen LogP contribution in [-0.2, 0) is 6.54 Å². The molecule has 0 saturated carbocycles. The van der Waals surface area contributed by atoms with Crippen molar-refractivity contribution >= 4 is 28.1 Å². The molecule has 14 heavy (non-hydrogen) atoms. The van der Waals surface area contributed by atoms with Gasteiger partial charge in [-0.05, 0) is 12.1 Å². The van der Waals surface area contributed by atoms with Crippen LogP contribution in [0.25, 0.3) is 0 Å². The lowest BCUT2D eigenvalue weighted by molar-refractivity contribution is 0.923. The molecule has 2 rings (SSSR count). The van der Waals surface area contributed by atoms with Gasteiger partial charge in [0.1, 0.15) is 4.34 Å². The highest BCUT2D eigenvalue weighted by Gasteiger charge is 1.99. The second-order valence-electron chi connectivity index (χ2n) is 2.54. The van der Waals surface area contributed by atoms with Gasteiger partial charge in [0.05, 0.1) is 18.4 Å². The van der Waals surface area contributed by atoms with Crippen LogP contribution in [-0.4, -0.2) is 15.2 Å². The Morgan fingerprint density at radius 1 is 1.50 bits per heavy atom. The molecule has 72 valence electrons. The Balaban J connectivity index is 1.95. The molecule has 1 N–H and O–H groups in total. The third kappa shape index (κ3) is 2.40. The molecule has 0 amide bonds. The number of hydrogen-bond donors (Lipinski definition) is 1. The Morgan fingerprint density at radius 2 is 2.43 bits per heavy atom. The maximum Gasteiger partial charge on any atom is 0.184 e. The van der Waals surface area contributed by atoms with E-state index in [1.54, 1.807) is 12.4 Å². The molecule has 0 aliphatic carbocycles. The van der Waals surface area contributed by atoms with E-state index in [1.165, 1.54) is 11.3 Å². The second-order valence-corrected chi connectivity index (χ2v) is 4.20. The fourth-order valence-electron chi connectivity index (χ4n) is 0.930. The third-order valence-corrected chi connectivity index (χ3v) is 2.60. The first-order valence-electron chi connectivity index (χ1n) is 3.96. The van der Waals surface area contributed by atoms with Crippen LogP contribution in [0.4, 0.5) is 5.13 Å². The lowest BCUT2D eigenvalue weighted by Gasteiger charge is -1.99. The molecule has 6 heteroatoms. The van der Waals surface area contributed by atoms with Crippen molar-refractivity contribution in [1.29, 1.82) is 0 Å². The number of rotatable bonds is 3. The minimum absolute atomic E-state index is 0.609. The molecule has 0 aliphatic rings. The average Bonchev–Trinajstić information content (AvgIpc) is 2.63. The Labute approximate surface area is 90.0 Å². The molecule has 0 aromatic carbocycles. The fraction of sp³-hybridized carbons (Fsp3) is 0.125. The minimum Gasteiger partial charge on any atom is -0.356 e. The Bertz CT molecular complexity index is 403. The van der Waals surface area contributed by atoms with Gasteiger partial charge in [-0.3, -0.25) is 0 Å². The van der Waals surface area contributed by atoms with Gasteiger partial charge in [-0.1, -0.05) is 22.9 Å². The van der Waals surface area contributed by atoms with Crippen molar-refractivity contribution in [3.63, 3.8) is 0 Å². The van der Waals surface area contributed by atoms with Crippen molar-refractivity contribution in [2.24, 2.45) is 0 Å². The summed E-state index contributed by atoms with van der Waals surface area (Å²) < 4.78 is 0.673. The third-order valence-electron chi connectivity index (χ3n) is 1.53. The van der Waals surface area contributed by atoms with Gasteiger partial charge in [0.2, 0.25) is 0 Å². The number of halogens is 1. The highest BCUT2D eigenvalue weighted by Crippen LogP contribution is 2.22. The summed E-state index contributed by atoms with van der Waals surface area (Å²) in [6.45, 7) is 0.609. The zero-order valence-corrected chi connectivity index (χ0v) is 8.72. The smallest absolute Gasteiger partial charge is 0.184 e. The highest BCUT2D eigenvalue weighted by atomic mass is 35.5. The summed E-state index contributed by atoms with van der Waals surface area (Å²) in [6, 6.07) is 3.74. The molecule has 0 unspecified atom stereocenters. The van der Waals surface area contributed by atoms with Crippen LogP contribution < -0.4 is 5.32 Å². The molecule has 4 nitrogen and oxygen atoms in total. The van der Waals surface area contributed by atoms with Crippen LogP contribution in [0.3, 0.4) is 0 Å². The number of hydrogen-bond acceptors (Lipinski definition) is 5. The van der Waals surface area contributed by atoms with Crippen molar-refractivity contribution in [1.82, 2.24) is 15.2 Å². The van der Waals surface area contributed by atoms with Crippen molar-refractivity contribution in [3.05, 3.63) is 34.6 Å². The molecule has 0 spiro atoms. The monoisotopic (exact) mass is 226 g/mol. The van der Waals surface area contributed by atoms with Crippen LogP contribution in [0.2, 0.25) is 4.34 Å². The second kappa shape index (κ2) is 4.34. The van der Waals surface area contributed by atoms with Gasteiger partial charge in [0, 0.05) is 6.20 Å². The Hall–Kier alpha value is -1.20. The molecule has 0 atom stereocenters. The summed E-state index contributed by atoms with van der Waals surface area (Å²) in [7, 11) is 0. The number of nitrogens with zero attached hydrogens (tertiary/aromatic N) is 3. The molecule has 2 heterocycles. The zero-order chi connectivity index (χ0) is 9.80. The molecule has 2 aromatic heterocycles. The summed E-state index contributed by atoms with van der Waals surface area (Å²) in [6.07, 6.45) is 3.26. The quantitative estimate of drug-likeness (QED) is 0.872. The first kappa shape index (κ1) is 9.36. The van der Waals surface area contributed by atoms with E-state index >= 15 is 0 Å². The standard InChI is InChI=1S/C8H7ClN4S/c9-7-5-11-8(14-7)10-4-6-2-1-3-12-13-6/h1-3,5H,4H2,(H,10,11). The van der Waals surface area contributed by atoms with E-state index in [2.05, 4.69) is 20.5 Å². The van der Waals surface area contributed by atoms with Gasteiger partial charge >= 0.3 is 0 Å². The van der Waals surface area contributed by atoms with E-state index in [4.69, 9.17) is 11.6 Å². The summed E-state index contributed by atoms with van der Waals surface area (Å²) >= 11 is 7.13.